The molecule has 0 aliphatic heterocycles. The highest BCUT2D eigenvalue weighted by atomic mass is 16.4. The number of rotatable bonds is 4. The molecule has 1 atom stereocenters. The Morgan fingerprint density at radius 2 is 1.85 bits per heavy atom. The molecule has 3 N–H and O–H groups in total. The SMILES string of the molecule is CC1(C)CCC(NC(=O)NCC2(C(=O)O)CCCC2)C1. The number of carboxylic acid groups (broad SMARTS) is 1. The van der Waals surface area contributed by atoms with Gasteiger partial charge in [-0.3, -0.25) is 4.79 Å². The van der Waals surface area contributed by atoms with Crippen LogP contribution in [0.4, 0.5) is 4.79 Å². The lowest BCUT2D eigenvalue weighted by molar-refractivity contribution is -0.148. The fraction of sp³-hybridized carbons (Fsp3) is 0.867. The second-order valence-electron chi connectivity index (χ2n) is 7.22. The van der Waals surface area contributed by atoms with E-state index in [0.29, 0.717) is 18.3 Å². The summed E-state index contributed by atoms with van der Waals surface area (Å²) in [5.41, 5.74) is -0.446. The maximum atomic E-state index is 11.9. The third-order valence-electron chi connectivity index (χ3n) is 4.91. The molecule has 2 aliphatic carbocycles. The number of aliphatic carboxylic acids is 1. The monoisotopic (exact) mass is 282 g/mol. The Hall–Kier alpha value is -1.26. The van der Waals surface area contributed by atoms with Crippen molar-refractivity contribution in [2.45, 2.75) is 64.8 Å². The molecule has 0 aromatic heterocycles. The van der Waals surface area contributed by atoms with Gasteiger partial charge in [-0.25, -0.2) is 4.79 Å². The Morgan fingerprint density at radius 1 is 1.20 bits per heavy atom. The predicted octanol–water partition coefficient (Wildman–Crippen LogP) is 2.51. The maximum Gasteiger partial charge on any atom is 0.315 e. The first-order chi connectivity index (χ1) is 9.33. The van der Waals surface area contributed by atoms with Crippen LogP contribution in [-0.4, -0.2) is 29.7 Å². The summed E-state index contributed by atoms with van der Waals surface area (Å²) in [6.45, 7) is 4.67. The van der Waals surface area contributed by atoms with Crippen LogP contribution in [0, 0.1) is 10.8 Å². The van der Waals surface area contributed by atoms with E-state index in [9.17, 15) is 14.7 Å². The molecular weight excluding hydrogens is 256 g/mol. The van der Waals surface area contributed by atoms with Gasteiger partial charge in [-0.15, -0.1) is 0 Å². The van der Waals surface area contributed by atoms with Gasteiger partial charge < -0.3 is 15.7 Å². The van der Waals surface area contributed by atoms with Crippen LogP contribution in [0.3, 0.4) is 0 Å². The van der Waals surface area contributed by atoms with Gasteiger partial charge in [-0.2, -0.15) is 0 Å². The molecular formula is C15H26N2O3. The van der Waals surface area contributed by atoms with Gasteiger partial charge in [0.15, 0.2) is 0 Å². The van der Waals surface area contributed by atoms with Crippen molar-refractivity contribution >= 4 is 12.0 Å². The lowest BCUT2D eigenvalue weighted by Crippen LogP contribution is -2.47. The summed E-state index contributed by atoms with van der Waals surface area (Å²) in [4.78, 5) is 23.3. The van der Waals surface area contributed by atoms with Crippen LogP contribution in [0.5, 0.6) is 0 Å². The number of nitrogens with one attached hydrogen (secondary N) is 2. The minimum absolute atomic E-state index is 0.217. The average molecular weight is 282 g/mol. The van der Waals surface area contributed by atoms with Crippen molar-refractivity contribution in [1.29, 1.82) is 0 Å². The van der Waals surface area contributed by atoms with Gasteiger partial charge in [0.25, 0.3) is 0 Å². The molecule has 2 amide bonds. The molecule has 0 spiro atoms. The topological polar surface area (TPSA) is 78.4 Å². The van der Waals surface area contributed by atoms with Crippen LogP contribution >= 0.6 is 0 Å². The van der Waals surface area contributed by atoms with Crippen molar-refractivity contribution in [3.63, 3.8) is 0 Å². The second kappa shape index (κ2) is 5.62. The van der Waals surface area contributed by atoms with Gasteiger partial charge in [0.1, 0.15) is 0 Å². The van der Waals surface area contributed by atoms with E-state index >= 15 is 0 Å². The predicted molar refractivity (Wildman–Crippen MR) is 76.5 cm³/mol. The van der Waals surface area contributed by atoms with Crippen molar-refractivity contribution in [3.05, 3.63) is 0 Å². The van der Waals surface area contributed by atoms with Crippen molar-refractivity contribution < 1.29 is 14.7 Å². The quantitative estimate of drug-likeness (QED) is 0.741. The largest absolute Gasteiger partial charge is 0.481 e. The van der Waals surface area contributed by atoms with Crippen molar-refractivity contribution in [3.8, 4) is 0 Å². The lowest BCUT2D eigenvalue weighted by Gasteiger charge is -2.25. The highest BCUT2D eigenvalue weighted by molar-refractivity contribution is 5.78. The first-order valence-corrected chi connectivity index (χ1v) is 7.61. The standard InChI is InChI=1S/C15H26N2O3/c1-14(2)8-5-11(9-14)17-13(20)16-10-15(12(18)19)6-3-4-7-15/h11H,3-10H2,1-2H3,(H,18,19)(H2,16,17,20). The van der Waals surface area contributed by atoms with Crippen molar-refractivity contribution in [2.75, 3.05) is 6.54 Å². The number of hydrogen-bond acceptors (Lipinski definition) is 2. The lowest BCUT2D eigenvalue weighted by atomic mass is 9.86. The zero-order valence-electron chi connectivity index (χ0n) is 12.5. The number of hydrogen-bond donors (Lipinski definition) is 3. The molecule has 0 aromatic rings. The van der Waals surface area contributed by atoms with Crippen LogP contribution in [0.1, 0.15) is 58.8 Å². The molecule has 2 saturated carbocycles. The number of carbonyl (C=O) groups excluding carboxylic acids is 1. The number of urea groups is 1. The van der Waals surface area contributed by atoms with E-state index in [0.717, 1.165) is 32.1 Å². The molecule has 2 aliphatic rings. The summed E-state index contributed by atoms with van der Waals surface area (Å²) in [6.07, 6.45) is 6.32. The summed E-state index contributed by atoms with van der Waals surface area (Å²) >= 11 is 0. The van der Waals surface area contributed by atoms with E-state index in [1.807, 2.05) is 0 Å². The molecule has 114 valence electrons. The van der Waals surface area contributed by atoms with E-state index in [-0.39, 0.29) is 18.6 Å². The van der Waals surface area contributed by atoms with Crippen LogP contribution in [0.2, 0.25) is 0 Å². The van der Waals surface area contributed by atoms with Crippen LogP contribution in [-0.2, 0) is 4.79 Å². The Bertz CT molecular complexity index is 387. The third-order valence-corrected chi connectivity index (χ3v) is 4.91. The molecule has 0 aromatic carbocycles. The van der Waals surface area contributed by atoms with Gasteiger partial charge >= 0.3 is 12.0 Å². The molecule has 5 heteroatoms. The van der Waals surface area contributed by atoms with E-state index in [4.69, 9.17) is 0 Å². The fourth-order valence-corrected chi connectivity index (χ4v) is 3.56. The van der Waals surface area contributed by atoms with Crippen LogP contribution in [0.25, 0.3) is 0 Å². The Balaban J connectivity index is 1.79. The average Bonchev–Trinajstić information content (AvgIpc) is 2.94. The molecule has 5 nitrogen and oxygen atoms in total. The van der Waals surface area contributed by atoms with E-state index < -0.39 is 11.4 Å². The third kappa shape index (κ3) is 3.44. The minimum atomic E-state index is -0.780. The highest BCUT2D eigenvalue weighted by Gasteiger charge is 2.41. The zero-order chi connectivity index (χ0) is 14.8. The Kier molecular flexibility index (Phi) is 4.25. The molecule has 2 rings (SSSR count). The maximum absolute atomic E-state index is 11.9. The Labute approximate surface area is 120 Å². The fourth-order valence-electron chi connectivity index (χ4n) is 3.56. The van der Waals surface area contributed by atoms with E-state index in [1.165, 1.54) is 0 Å². The molecule has 0 radical (unpaired) electrons. The van der Waals surface area contributed by atoms with Gasteiger partial charge in [0.2, 0.25) is 0 Å². The smallest absolute Gasteiger partial charge is 0.315 e. The first-order valence-electron chi connectivity index (χ1n) is 7.61. The van der Waals surface area contributed by atoms with Crippen LogP contribution in [0.15, 0.2) is 0 Å². The van der Waals surface area contributed by atoms with E-state index in [1.54, 1.807) is 0 Å². The van der Waals surface area contributed by atoms with E-state index in [2.05, 4.69) is 24.5 Å². The zero-order valence-corrected chi connectivity index (χ0v) is 12.5. The van der Waals surface area contributed by atoms with Gasteiger partial charge in [-0.05, 0) is 37.5 Å². The molecule has 1 unspecified atom stereocenters. The highest BCUT2D eigenvalue weighted by Crippen LogP contribution is 2.38. The van der Waals surface area contributed by atoms with Gasteiger partial charge in [0, 0.05) is 12.6 Å². The molecule has 0 heterocycles. The summed E-state index contributed by atoms with van der Waals surface area (Å²) in [5.74, 6) is -0.780. The van der Waals surface area contributed by atoms with Crippen molar-refractivity contribution in [2.24, 2.45) is 10.8 Å². The summed E-state index contributed by atoms with van der Waals surface area (Å²) in [5, 5.41) is 15.1. The first kappa shape index (κ1) is 15.1. The summed E-state index contributed by atoms with van der Waals surface area (Å²) in [7, 11) is 0. The minimum Gasteiger partial charge on any atom is -0.481 e. The summed E-state index contributed by atoms with van der Waals surface area (Å²) < 4.78 is 0. The summed E-state index contributed by atoms with van der Waals surface area (Å²) in [6, 6.07) is -0.00502. The van der Waals surface area contributed by atoms with Gasteiger partial charge in [0.05, 0.1) is 5.41 Å². The van der Waals surface area contributed by atoms with Crippen LogP contribution < -0.4 is 10.6 Å². The Morgan fingerprint density at radius 3 is 2.35 bits per heavy atom. The number of carbonyl (C=O) groups is 2. The molecule has 0 bridgehead atoms. The number of carboxylic acids is 1. The number of amides is 2. The molecule has 0 saturated heterocycles. The second-order valence-corrected chi connectivity index (χ2v) is 7.22. The molecule has 20 heavy (non-hydrogen) atoms. The van der Waals surface area contributed by atoms with Gasteiger partial charge in [-0.1, -0.05) is 26.7 Å². The van der Waals surface area contributed by atoms with Crippen molar-refractivity contribution in [1.82, 2.24) is 10.6 Å². The normalized spacial score (nSPS) is 27.2. The molecule has 2 fully saturated rings.